The number of hydrogen-bond donors (Lipinski definition) is 1. The van der Waals surface area contributed by atoms with E-state index >= 15 is 0 Å². The highest BCUT2D eigenvalue weighted by Gasteiger charge is 2.19. The lowest BCUT2D eigenvalue weighted by Crippen LogP contribution is -2.34. The lowest BCUT2D eigenvalue weighted by Gasteiger charge is -2.25. The Hall–Kier alpha value is -2.40. The molecular weight excluding hydrogens is 308 g/mol. The van der Waals surface area contributed by atoms with E-state index in [0.717, 1.165) is 18.5 Å². The van der Waals surface area contributed by atoms with E-state index in [1.54, 1.807) is 42.7 Å². The largest absolute Gasteiger partial charge is 0.355 e. The number of hydrogen-bond acceptors (Lipinski definition) is 3. The van der Waals surface area contributed by atoms with Crippen molar-refractivity contribution in [1.82, 2.24) is 10.2 Å². The Kier molecular flexibility index (Phi) is 4.57. The maximum Gasteiger partial charge on any atom is 0.251 e. The van der Waals surface area contributed by atoms with E-state index in [2.05, 4.69) is 16.8 Å². The van der Waals surface area contributed by atoms with Gasteiger partial charge in [-0.1, -0.05) is 12.1 Å². The second-order valence-corrected chi connectivity index (χ2v) is 6.41. The number of nitrogens with one attached hydrogen (secondary N) is 1. The summed E-state index contributed by atoms with van der Waals surface area (Å²) in [5, 5.41) is 4.67. The Bertz CT molecular complexity index is 747. The van der Waals surface area contributed by atoms with E-state index in [9.17, 15) is 9.59 Å². The van der Waals surface area contributed by atoms with Crippen molar-refractivity contribution >= 4 is 29.2 Å². The Morgan fingerprint density at radius 2 is 2.00 bits per heavy atom. The standard InChI is InChI=1S/C18H18N2O2S/c1-19-18(22)14-5-2-13(3-6-14)4-7-17(21)20-10-8-16-15(12-20)9-11-23-16/h2-7,9,11H,8,10,12H2,1H3,(H,19,22)/b7-4+. The van der Waals surface area contributed by atoms with Crippen LogP contribution in [0.2, 0.25) is 0 Å². The summed E-state index contributed by atoms with van der Waals surface area (Å²) in [4.78, 5) is 27.0. The van der Waals surface area contributed by atoms with Crippen LogP contribution in [0, 0.1) is 0 Å². The van der Waals surface area contributed by atoms with E-state index in [0.29, 0.717) is 12.1 Å². The van der Waals surface area contributed by atoms with Crippen molar-refractivity contribution in [3.63, 3.8) is 0 Å². The zero-order valence-electron chi connectivity index (χ0n) is 12.9. The number of amides is 2. The third kappa shape index (κ3) is 3.51. The lowest BCUT2D eigenvalue weighted by molar-refractivity contribution is -0.126. The molecule has 0 spiro atoms. The first-order chi connectivity index (χ1) is 11.2. The van der Waals surface area contributed by atoms with Crippen molar-refractivity contribution in [3.8, 4) is 0 Å². The Labute approximate surface area is 139 Å². The SMILES string of the molecule is CNC(=O)c1ccc(/C=C/C(=O)N2CCc3sccc3C2)cc1. The molecule has 23 heavy (non-hydrogen) atoms. The summed E-state index contributed by atoms with van der Waals surface area (Å²) in [7, 11) is 1.60. The van der Waals surface area contributed by atoms with Crippen molar-refractivity contribution < 1.29 is 9.59 Å². The average Bonchev–Trinajstić information content (AvgIpc) is 3.07. The first kappa shape index (κ1) is 15.5. The van der Waals surface area contributed by atoms with Gasteiger partial charge in [-0.3, -0.25) is 9.59 Å². The zero-order chi connectivity index (χ0) is 16.2. The molecule has 1 aliphatic heterocycles. The van der Waals surface area contributed by atoms with Gasteiger partial charge in [0.15, 0.2) is 0 Å². The minimum absolute atomic E-state index is 0.0252. The van der Waals surface area contributed by atoms with Gasteiger partial charge in [0.05, 0.1) is 0 Å². The van der Waals surface area contributed by atoms with Crippen LogP contribution in [0.3, 0.4) is 0 Å². The van der Waals surface area contributed by atoms with Gasteiger partial charge >= 0.3 is 0 Å². The van der Waals surface area contributed by atoms with E-state index < -0.39 is 0 Å². The average molecular weight is 326 g/mol. The van der Waals surface area contributed by atoms with Crippen LogP contribution in [0.5, 0.6) is 0 Å². The summed E-state index contributed by atoms with van der Waals surface area (Å²) in [6, 6.07) is 9.27. The van der Waals surface area contributed by atoms with Gasteiger partial charge in [0, 0.05) is 36.7 Å². The second kappa shape index (κ2) is 6.79. The second-order valence-electron chi connectivity index (χ2n) is 5.41. The van der Waals surface area contributed by atoms with Gasteiger partial charge in [-0.15, -0.1) is 11.3 Å². The van der Waals surface area contributed by atoms with Gasteiger partial charge in [0.25, 0.3) is 5.91 Å². The van der Waals surface area contributed by atoms with Crippen molar-refractivity contribution in [1.29, 1.82) is 0 Å². The number of nitrogens with zero attached hydrogens (tertiary/aromatic N) is 1. The maximum atomic E-state index is 12.3. The zero-order valence-corrected chi connectivity index (χ0v) is 13.7. The summed E-state index contributed by atoms with van der Waals surface area (Å²) in [6.45, 7) is 1.46. The number of rotatable bonds is 3. The molecule has 3 rings (SSSR count). The highest BCUT2D eigenvalue weighted by atomic mass is 32.1. The molecule has 1 aromatic heterocycles. The quantitative estimate of drug-likeness (QED) is 0.882. The molecule has 0 saturated carbocycles. The fourth-order valence-electron chi connectivity index (χ4n) is 2.60. The molecular formula is C18H18N2O2S. The Morgan fingerprint density at radius 1 is 1.22 bits per heavy atom. The Morgan fingerprint density at radius 3 is 2.74 bits per heavy atom. The van der Waals surface area contributed by atoms with Gasteiger partial charge in [-0.25, -0.2) is 0 Å². The molecule has 2 heterocycles. The molecule has 118 valence electrons. The van der Waals surface area contributed by atoms with Crippen molar-refractivity contribution in [2.24, 2.45) is 0 Å². The third-order valence-electron chi connectivity index (χ3n) is 3.94. The van der Waals surface area contributed by atoms with Crippen molar-refractivity contribution in [2.45, 2.75) is 13.0 Å². The van der Waals surface area contributed by atoms with Gasteiger partial charge in [-0.05, 0) is 47.2 Å². The minimum atomic E-state index is -0.114. The topological polar surface area (TPSA) is 49.4 Å². The highest BCUT2D eigenvalue weighted by Crippen LogP contribution is 2.24. The molecule has 0 bridgehead atoms. The molecule has 2 amide bonds. The van der Waals surface area contributed by atoms with Crippen LogP contribution in [-0.2, 0) is 17.8 Å². The van der Waals surface area contributed by atoms with Crippen LogP contribution in [0.15, 0.2) is 41.8 Å². The van der Waals surface area contributed by atoms with Gasteiger partial charge in [0.1, 0.15) is 0 Å². The molecule has 0 radical (unpaired) electrons. The van der Waals surface area contributed by atoms with Crippen LogP contribution in [-0.4, -0.2) is 30.3 Å². The third-order valence-corrected chi connectivity index (χ3v) is 4.96. The molecule has 0 unspecified atom stereocenters. The van der Waals surface area contributed by atoms with Crippen LogP contribution < -0.4 is 5.32 Å². The first-order valence-corrected chi connectivity index (χ1v) is 8.39. The van der Waals surface area contributed by atoms with Crippen LogP contribution in [0.4, 0.5) is 0 Å². The minimum Gasteiger partial charge on any atom is -0.355 e. The molecule has 2 aromatic rings. The molecule has 0 saturated heterocycles. The first-order valence-electron chi connectivity index (χ1n) is 7.52. The molecule has 0 aliphatic carbocycles. The predicted octanol–water partition coefficient (Wildman–Crippen LogP) is 2.71. The molecule has 1 N–H and O–H groups in total. The van der Waals surface area contributed by atoms with E-state index in [4.69, 9.17) is 0 Å². The molecule has 5 heteroatoms. The van der Waals surface area contributed by atoms with Gasteiger partial charge < -0.3 is 10.2 Å². The van der Waals surface area contributed by atoms with Crippen molar-refractivity contribution in [3.05, 3.63) is 63.4 Å². The number of benzene rings is 1. The molecule has 1 aliphatic rings. The molecule has 0 fully saturated rings. The number of thiophene rings is 1. The van der Waals surface area contributed by atoms with Crippen molar-refractivity contribution in [2.75, 3.05) is 13.6 Å². The number of carbonyl (C=O) groups is 2. The normalized spacial score (nSPS) is 13.9. The summed E-state index contributed by atoms with van der Waals surface area (Å²) >= 11 is 1.77. The Balaban J connectivity index is 1.64. The van der Waals surface area contributed by atoms with E-state index in [1.165, 1.54) is 10.4 Å². The summed E-state index contributed by atoms with van der Waals surface area (Å²) < 4.78 is 0. The molecule has 0 atom stereocenters. The smallest absolute Gasteiger partial charge is 0.251 e. The predicted molar refractivity (Wildman–Crippen MR) is 92.3 cm³/mol. The van der Waals surface area contributed by atoms with Gasteiger partial charge in [-0.2, -0.15) is 0 Å². The van der Waals surface area contributed by atoms with Crippen LogP contribution in [0.25, 0.3) is 6.08 Å². The summed E-state index contributed by atoms with van der Waals surface area (Å²) in [6.07, 6.45) is 4.33. The maximum absolute atomic E-state index is 12.3. The number of fused-ring (bicyclic) bond motifs is 1. The summed E-state index contributed by atoms with van der Waals surface area (Å²) in [5.41, 5.74) is 2.77. The fourth-order valence-corrected chi connectivity index (χ4v) is 3.49. The number of carbonyl (C=O) groups excluding carboxylic acids is 2. The highest BCUT2D eigenvalue weighted by molar-refractivity contribution is 7.10. The summed E-state index contributed by atoms with van der Waals surface area (Å²) in [5.74, 6) is -0.0892. The van der Waals surface area contributed by atoms with Crippen LogP contribution in [0.1, 0.15) is 26.4 Å². The molecule has 1 aromatic carbocycles. The lowest BCUT2D eigenvalue weighted by atomic mass is 10.1. The fraction of sp³-hybridized carbons (Fsp3) is 0.222. The van der Waals surface area contributed by atoms with E-state index in [-0.39, 0.29) is 11.8 Å². The molecule has 4 nitrogen and oxygen atoms in total. The monoisotopic (exact) mass is 326 g/mol. The van der Waals surface area contributed by atoms with Crippen LogP contribution >= 0.6 is 11.3 Å². The van der Waals surface area contributed by atoms with Gasteiger partial charge in [0.2, 0.25) is 5.91 Å². The van der Waals surface area contributed by atoms with E-state index in [1.807, 2.05) is 17.0 Å².